The average Bonchev–Trinajstić information content (AvgIpc) is 2.81. The van der Waals surface area contributed by atoms with Gasteiger partial charge in [-0.05, 0) is 68.9 Å². The summed E-state index contributed by atoms with van der Waals surface area (Å²) >= 11 is 0. The summed E-state index contributed by atoms with van der Waals surface area (Å²) in [5.74, 6) is 0.806. The largest absolute Gasteiger partial charge is 0.483 e. The van der Waals surface area contributed by atoms with Crippen molar-refractivity contribution >= 4 is 17.7 Å². The number of hydrogen-bond donors (Lipinski definition) is 1. The SMILES string of the molecule is CCN(C(=O)COc1cc(C)c(N)c(C)c1C)C1CCN(CC=Cc2ccccc2)CC1. The summed E-state index contributed by atoms with van der Waals surface area (Å²) in [5.41, 5.74) is 11.1. The molecular formula is C27H37N3O2. The van der Waals surface area contributed by atoms with Crippen molar-refractivity contribution in [2.45, 2.75) is 46.6 Å². The number of carbonyl (C=O) groups excluding carboxylic acids is 1. The van der Waals surface area contributed by atoms with Gasteiger partial charge in [0.2, 0.25) is 0 Å². The minimum absolute atomic E-state index is 0.0569. The number of piperidine rings is 1. The van der Waals surface area contributed by atoms with Crippen LogP contribution < -0.4 is 10.5 Å². The highest BCUT2D eigenvalue weighted by Gasteiger charge is 2.27. The first-order valence-electron chi connectivity index (χ1n) is 11.6. The van der Waals surface area contributed by atoms with Gasteiger partial charge in [-0.1, -0.05) is 42.5 Å². The lowest BCUT2D eigenvalue weighted by molar-refractivity contribution is -0.136. The molecule has 2 aromatic rings. The van der Waals surface area contributed by atoms with E-state index in [9.17, 15) is 4.79 Å². The van der Waals surface area contributed by atoms with Crippen molar-refractivity contribution < 1.29 is 9.53 Å². The zero-order valence-corrected chi connectivity index (χ0v) is 19.9. The van der Waals surface area contributed by atoms with Crippen molar-refractivity contribution in [3.8, 4) is 5.75 Å². The highest BCUT2D eigenvalue weighted by Crippen LogP contribution is 2.29. The van der Waals surface area contributed by atoms with Crippen molar-refractivity contribution in [2.75, 3.05) is 38.5 Å². The maximum Gasteiger partial charge on any atom is 0.260 e. The van der Waals surface area contributed by atoms with E-state index in [4.69, 9.17) is 10.5 Å². The highest BCUT2D eigenvalue weighted by atomic mass is 16.5. The van der Waals surface area contributed by atoms with Crippen LogP contribution in [0.3, 0.4) is 0 Å². The van der Waals surface area contributed by atoms with Gasteiger partial charge in [0.25, 0.3) is 5.91 Å². The van der Waals surface area contributed by atoms with E-state index in [-0.39, 0.29) is 18.6 Å². The number of carbonyl (C=O) groups is 1. The molecule has 2 N–H and O–H groups in total. The maximum absolute atomic E-state index is 13.0. The summed E-state index contributed by atoms with van der Waals surface area (Å²) in [5, 5.41) is 0. The van der Waals surface area contributed by atoms with E-state index in [0.29, 0.717) is 6.54 Å². The van der Waals surface area contributed by atoms with Crippen LogP contribution in [0.4, 0.5) is 5.69 Å². The van der Waals surface area contributed by atoms with Gasteiger partial charge >= 0.3 is 0 Å². The van der Waals surface area contributed by atoms with E-state index in [1.54, 1.807) is 0 Å². The summed E-state index contributed by atoms with van der Waals surface area (Å²) in [4.78, 5) is 17.4. The zero-order chi connectivity index (χ0) is 23.1. The molecule has 172 valence electrons. The molecule has 0 radical (unpaired) electrons. The smallest absolute Gasteiger partial charge is 0.260 e. The number of nitrogens with two attached hydrogens (primary N) is 1. The number of hydrogen-bond acceptors (Lipinski definition) is 4. The first-order valence-corrected chi connectivity index (χ1v) is 11.6. The quantitative estimate of drug-likeness (QED) is 0.616. The number of aryl methyl sites for hydroxylation is 1. The van der Waals surface area contributed by atoms with Crippen LogP contribution >= 0.6 is 0 Å². The molecule has 3 rings (SSSR count). The number of ether oxygens (including phenoxy) is 1. The van der Waals surface area contributed by atoms with Crippen LogP contribution in [0.25, 0.3) is 6.08 Å². The Morgan fingerprint density at radius 2 is 1.84 bits per heavy atom. The molecule has 0 unspecified atom stereocenters. The van der Waals surface area contributed by atoms with Gasteiger partial charge in [0, 0.05) is 37.9 Å². The number of amides is 1. The molecule has 1 amide bonds. The number of likely N-dealkylation sites (tertiary alicyclic amines) is 1. The summed E-state index contributed by atoms with van der Waals surface area (Å²) in [6, 6.07) is 12.6. The molecule has 32 heavy (non-hydrogen) atoms. The molecule has 1 heterocycles. The van der Waals surface area contributed by atoms with E-state index < -0.39 is 0 Å². The molecule has 0 aromatic heterocycles. The Balaban J connectivity index is 1.50. The molecule has 1 aliphatic rings. The van der Waals surface area contributed by atoms with Crippen LogP contribution in [0.2, 0.25) is 0 Å². The van der Waals surface area contributed by atoms with Crippen LogP contribution in [0.15, 0.2) is 42.5 Å². The minimum atomic E-state index is 0.0569. The Morgan fingerprint density at radius 3 is 2.50 bits per heavy atom. The van der Waals surface area contributed by atoms with Gasteiger partial charge in [-0.25, -0.2) is 0 Å². The average molecular weight is 436 g/mol. The third-order valence-electron chi connectivity index (χ3n) is 6.59. The molecule has 0 saturated carbocycles. The predicted molar refractivity (Wildman–Crippen MR) is 133 cm³/mol. The topological polar surface area (TPSA) is 58.8 Å². The lowest BCUT2D eigenvalue weighted by atomic mass is 10.0. The Morgan fingerprint density at radius 1 is 1.16 bits per heavy atom. The van der Waals surface area contributed by atoms with Crippen LogP contribution in [-0.2, 0) is 4.79 Å². The number of nitrogen functional groups attached to an aromatic ring is 1. The Hall–Kier alpha value is -2.79. The number of rotatable bonds is 8. The first-order chi connectivity index (χ1) is 15.4. The summed E-state index contributed by atoms with van der Waals surface area (Å²) in [6.45, 7) is 11.7. The first kappa shape index (κ1) is 23.9. The lowest BCUT2D eigenvalue weighted by Gasteiger charge is -2.37. The molecule has 1 fully saturated rings. The van der Waals surface area contributed by atoms with Crippen molar-refractivity contribution in [3.05, 3.63) is 64.7 Å². The Kier molecular flexibility index (Phi) is 8.34. The van der Waals surface area contributed by atoms with E-state index in [0.717, 1.165) is 60.6 Å². The fourth-order valence-electron chi connectivity index (χ4n) is 4.39. The van der Waals surface area contributed by atoms with Gasteiger partial charge in [-0.2, -0.15) is 0 Å². The highest BCUT2D eigenvalue weighted by molar-refractivity contribution is 5.78. The van der Waals surface area contributed by atoms with Crippen molar-refractivity contribution in [3.63, 3.8) is 0 Å². The van der Waals surface area contributed by atoms with E-state index >= 15 is 0 Å². The molecule has 0 bridgehead atoms. The second-order valence-corrected chi connectivity index (χ2v) is 8.67. The van der Waals surface area contributed by atoms with Gasteiger partial charge in [-0.3, -0.25) is 9.69 Å². The standard InChI is InChI=1S/C27H37N3O2/c1-5-30(26(31)19-32-25-18-20(2)27(28)22(4)21(25)3)24-13-16-29(17-14-24)15-9-12-23-10-7-6-8-11-23/h6-12,18,24H,5,13-17,19,28H2,1-4H3. The fourth-order valence-corrected chi connectivity index (χ4v) is 4.39. The minimum Gasteiger partial charge on any atom is -0.483 e. The number of nitrogens with zero attached hydrogens (tertiary/aromatic N) is 2. The monoisotopic (exact) mass is 435 g/mol. The lowest BCUT2D eigenvalue weighted by Crippen LogP contribution is -2.48. The normalized spacial score (nSPS) is 15.2. The third-order valence-corrected chi connectivity index (χ3v) is 6.59. The third kappa shape index (κ3) is 5.92. The molecule has 0 aliphatic carbocycles. The van der Waals surface area contributed by atoms with Crippen LogP contribution in [0.1, 0.15) is 42.0 Å². The molecular weight excluding hydrogens is 398 g/mol. The van der Waals surface area contributed by atoms with Crippen molar-refractivity contribution in [1.82, 2.24) is 9.80 Å². The van der Waals surface area contributed by atoms with Gasteiger partial charge in [-0.15, -0.1) is 0 Å². The summed E-state index contributed by atoms with van der Waals surface area (Å²) in [6.07, 6.45) is 6.40. The zero-order valence-electron chi connectivity index (χ0n) is 19.9. The van der Waals surface area contributed by atoms with Gasteiger partial charge < -0.3 is 15.4 Å². The predicted octanol–water partition coefficient (Wildman–Crippen LogP) is 4.60. The molecule has 1 saturated heterocycles. The maximum atomic E-state index is 13.0. The van der Waals surface area contributed by atoms with Crippen molar-refractivity contribution in [2.24, 2.45) is 0 Å². The Labute approximate surface area is 192 Å². The fraction of sp³-hybridized carbons (Fsp3) is 0.444. The van der Waals surface area contributed by atoms with Crippen LogP contribution in [0, 0.1) is 20.8 Å². The van der Waals surface area contributed by atoms with Crippen LogP contribution in [-0.4, -0.2) is 54.5 Å². The molecule has 2 aromatic carbocycles. The van der Waals surface area contributed by atoms with Crippen LogP contribution in [0.5, 0.6) is 5.75 Å². The van der Waals surface area contributed by atoms with E-state index in [2.05, 4.69) is 48.2 Å². The second-order valence-electron chi connectivity index (χ2n) is 8.67. The van der Waals surface area contributed by atoms with Gasteiger partial charge in [0.15, 0.2) is 6.61 Å². The van der Waals surface area contributed by atoms with Crippen molar-refractivity contribution in [1.29, 1.82) is 0 Å². The molecule has 0 spiro atoms. The van der Waals surface area contributed by atoms with Gasteiger partial charge in [0.05, 0.1) is 0 Å². The number of likely N-dealkylation sites (N-methyl/N-ethyl adjacent to an activating group) is 1. The Bertz CT molecular complexity index is 932. The molecule has 1 aliphatic heterocycles. The number of benzene rings is 2. The van der Waals surface area contributed by atoms with E-state index in [1.807, 2.05) is 37.8 Å². The second kappa shape index (κ2) is 11.2. The molecule has 5 nitrogen and oxygen atoms in total. The molecule has 5 heteroatoms. The number of anilines is 1. The summed E-state index contributed by atoms with van der Waals surface area (Å²) in [7, 11) is 0. The summed E-state index contributed by atoms with van der Waals surface area (Å²) < 4.78 is 5.94. The van der Waals surface area contributed by atoms with E-state index in [1.165, 1.54) is 5.56 Å². The van der Waals surface area contributed by atoms with Gasteiger partial charge in [0.1, 0.15) is 5.75 Å². The molecule has 0 atom stereocenters.